The lowest BCUT2D eigenvalue weighted by molar-refractivity contribution is 0.112. The monoisotopic (exact) mass is 349 g/mol. The van der Waals surface area contributed by atoms with E-state index >= 15 is 0 Å². The Labute approximate surface area is 117 Å². The van der Waals surface area contributed by atoms with Crippen molar-refractivity contribution in [2.75, 3.05) is 19.0 Å². The van der Waals surface area contributed by atoms with Crippen molar-refractivity contribution in [2.45, 2.75) is 39.7 Å². The fourth-order valence-corrected chi connectivity index (χ4v) is 2.49. The third-order valence-electron chi connectivity index (χ3n) is 2.50. The molecule has 1 aromatic heterocycles. The summed E-state index contributed by atoms with van der Waals surface area (Å²) in [6.45, 7) is 9.16. The zero-order chi connectivity index (χ0) is 13.0. The van der Waals surface area contributed by atoms with E-state index in [1.165, 1.54) is 0 Å². The van der Waals surface area contributed by atoms with Crippen LogP contribution >= 0.6 is 22.6 Å². The molecule has 0 spiro atoms. The van der Waals surface area contributed by atoms with Crippen LogP contribution in [-0.4, -0.2) is 23.6 Å². The number of nitrogens with one attached hydrogen (secondary N) is 1. The number of anilines is 1. The van der Waals surface area contributed by atoms with E-state index in [4.69, 9.17) is 4.74 Å². The molecule has 1 atom stereocenters. The predicted molar refractivity (Wildman–Crippen MR) is 78.4 cm³/mol. The Bertz CT molecular complexity index is 382. The smallest absolute Gasteiger partial charge is 0.159 e. The minimum atomic E-state index is -0.0816. The lowest BCUT2D eigenvalue weighted by Gasteiger charge is -2.16. The SMILES string of the molecule is CCNc1nc(C(C)OC)nc(C(C)C)c1I. The highest BCUT2D eigenvalue weighted by Gasteiger charge is 2.17. The van der Waals surface area contributed by atoms with E-state index in [1.54, 1.807) is 7.11 Å². The molecule has 4 nitrogen and oxygen atoms in total. The van der Waals surface area contributed by atoms with E-state index < -0.39 is 0 Å². The van der Waals surface area contributed by atoms with Crippen molar-refractivity contribution in [3.63, 3.8) is 0 Å². The third kappa shape index (κ3) is 3.51. The second kappa shape index (κ2) is 6.49. The van der Waals surface area contributed by atoms with Gasteiger partial charge in [0.25, 0.3) is 0 Å². The molecule has 0 aliphatic rings. The summed E-state index contributed by atoms with van der Waals surface area (Å²) >= 11 is 2.30. The van der Waals surface area contributed by atoms with E-state index in [2.05, 4.69) is 58.6 Å². The first-order valence-corrected chi connectivity index (χ1v) is 6.93. The van der Waals surface area contributed by atoms with E-state index in [0.717, 1.165) is 27.5 Å². The Kier molecular flexibility index (Phi) is 5.58. The van der Waals surface area contributed by atoms with Crippen molar-refractivity contribution in [2.24, 2.45) is 0 Å². The molecule has 96 valence electrons. The summed E-state index contributed by atoms with van der Waals surface area (Å²) in [7, 11) is 1.67. The van der Waals surface area contributed by atoms with Crippen molar-refractivity contribution >= 4 is 28.4 Å². The fourth-order valence-electron chi connectivity index (χ4n) is 1.44. The molecule has 0 bridgehead atoms. The van der Waals surface area contributed by atoms with Gasteiger partial charge in [0.2, 0.25) is 0 Å². The van der Waals surface area contributed by atoms with Crippen LogP contribution in [0.4, 0.5) is 5.82 Å². The van der Waals surface area contributed by atoms with Crippen LogP contribution in [0.25, 0.3) is 0 Å². The van der Waals surface area contributed by atoms with Crippen molar-refractivity contribution < 1.29 is 4.74 Å². The van der Waals surface area contributed by atoms with Crippen molar-refractivity contribution in [3.05, 3.63) is 15.1 Å². The molecule has 0 saturated heterocycles. The number of hydrogen-bond acceptors (Lipinski definition) is 4. The molecule has 1 aromatic rings. The van der Waals surface area contributed by atoms with E-state index in [0.29, 0.717) is 5.92 Å². The zero-order valence-electron chi connectivity index (χ0n) is 11.0. The van der Waals surface area contributed by atoms with Gasteiger partial charge in [-0.1, -0.05) is 13.8 Å². The van der Waals surface area contributed by atoms with Crippen LogP contribution in [0.15, 0.2) is 0 Å². The molecule has 1 N–H and O–H groups in total. The lowest BCUT2D eigenvalue weighted by Crippen LogP contribution is -2.13. The second-order valence-corrected chi connectivity index (χ2v) is 5.27. The molecule has 0 aromatic carbocycles. The van der Waals surface area contributed by atoms with Gasteiger partial charge in [-0.2, -0.15) is 0 Å². The molecule has 0 fully saturated rings. The topological polar surface area (TPSA) is 47.0 Å². The van der Waals surface area contributed by atoms with Crippen LogP contribution in [0, 0.1) is 3.57 Å². The van der Waals surface area contributed by atoms with Gasteiger partial charge in [-0.25, -0.2) is 9.97 Å². The van der Waals surface area contributed by atoms with Gasteiger partial charge in [-0.3, -0.25) is 0 Å². The van der Waals surface area contributed by atoms with Gasteiger partial charge >= 0.3 is 0 Å². The van der Waals surface area contributed by atoms with Gasteiger partial charge in [0.05, 0.1) is 9.26 Å². The van der Waals surface area contributed by atoms with Gasteiger partial charge < -0.3 is 10.1 Å². The number of hydrogen-bond donors (Lipinski definition) is 1. The maximum absolute atomic E-state index is 5.29. The van der Waals surface area contributed by atoms with Crippen LogP contribution < -0.4 is 5.32 Å². The number of methoxy groups -OCH3 is 1. The Morgan fingerprint density at radius 3 is 2.41 bits per heavy atom. The number of nitrogens with zero attached hydrogens (tertiary/aromatic N) is 2. The maximum atomic E-state index is 5.29. The molecule has 0 amide bonds. The standard InChI is InChI=1S/C12H20IN3O/c1-6-14-12-9(13)10(7(2)3)15-11(16-12)8(4)17-5/h7-8H,6H2,1-5H3,(H,14,15,16). The molecule has 0 aliphatic carbocycles. The summed E-state index contributed by atoms with van der Waals surface area (Å²) in [4.78, 5) is 9.12. The molecule has 0 radical (unpaired) electrons. The predicted octanol–water partition coefficient (Wildman–Crippen LogP) is 3.34. The molecule has 0 saturated carbocycles. The summed E-state index contributed by atoms with van der Waals surface area (Å²) in [5.74, 6) is 2.03. The number of halogens is 1. The zero-order valence-corrected chi connectivity index (χ0v) is 13.2. The minimum Gasteiger partial charge on any atom is -0.374 e. The molecule has 17 heavy (non-hydrogen) atoms. The third-order valence-corrected chi connectivity index (χ3v) is 3.57. The van der Waals surface area contributed by atoms with Crippen molar-refractivity contribution in [1.29, 1.82) is 0 Å². The summed E-state index contributed by atoms with van der Waals surface area (Å²) in [6.07, 6.45) is -0.0816. The highest BCUT2D eigenvalue weighted by Crippen LogP contribution is 2.27. The van der Waals surface area contributed by atoms with Crippen LogP contribution in [0.1, 0.15) is 51.2 Å². The van der Waals surface area contributed by atoms with Crippen LogP contribution in [0.2, 0.25) is 0 Å². The molecule has 0 aliphatic heterocycles. The molecule has 1 unspecified atom stereocenters. The molecule has 1 heterocycles. The lowest BCUT2D eigenvalue weighted by atomic mass is 10.1. The van der Waals surface area contributed by atoms with Gasteiger partial charge in [0.15, 0.2) is 5.82 Å². The molecule has 5 heteroatoms. The van der Waals surface area contributed by atoms with E-state index in [9.17, 15) is 0 Å². The summed E-state index contributed by atoms with van der Waals surface area (Å²) in [5, 5.41) is 3.28. The average Bonchev–Trinajstić information content (AvgIpc) is 2.30. The fraction of sp³-hybridized carbons (Fsp3) is 0.667. The highest BCUT2D eigenvalue weighted by molar-refractivity contribution is 14.1. The maximum Gasteiger partial charge on any atom is 0.159 e. The first-order chi connectivity index (χ1) is 8.01. The van der Waals surface area contributed by atoms with Gasteiger partial charge in [-0.05, 0) is 42.4 Å². The normalized spacial score (nSPS) is 12.9. The largest absolute Gasteiger partial charge is 0.374 e. The molecule has 1 rings (SSSR count). The Hall–Kier alpha value is -0.430. The van der Waals surface area contributed by atoms with Gasteiger partial charge in [0, 0.05) is 13.7 Å². The summed E-state index contributed by atoms with van der Waals surface area (Å²) in [6, 6.07) is 0. The summed E-state index contributed by atoms with van der Waals surface area (Å²) in [5.41, 5.74) is 1.08. The Morgan fingerprint density at radius 1 is 1.29 bits per heavy atom. The quantitative estimate of drug-likeness (QED) is 0.829. The first-order valence-electron chi connectivity index (χ1n) is 5.85. The van der Waals surface area contributed by atoms with Crippen LogP contribution in [0.5, 0.6) is 0 Å². The van der Waals surface area contributed by atoms with Crippen LogP contribution in [0.3, 0.4) is 0 Å². The van der Waals surface area contributed by atoms with Gasteiger partial charge in [0.1, 0.15) is 11.9 Å². The molecular weight excluding hydrogens is 329 g/mol. The Morgan fingerprint density at radius 2 is 1.94 bits per heavy atom. The number of ether oxygens (including phenoxy) is 1. The van der Waals surface area contributed by atoms with Crippen LogP contribution in [-0.2, 0) is 4.74 Å². The summed E-state index contributed by atoms with van der Waals surface area (Å²) < 4.78 is 6.39. The van der Waals surface area contributed by atoms with Crippen molar-refractivity contribution in [1.82, 2.24) is 9.97 Å². The number of rotatable bonds is 5. The number of aromatic nitrogens is 2. The molecular formula is C12H20IN3O. The van der Waals surface area contributed by atoms with E-state index in [1.807, 2.05) is 6.92 Å². The second-order valence-electron chi connectivity index (χ2n) is 4.19. The van der Waals surface area contributed by atoms with Crippen molar-refractivity contribution in [3.8, 4) is 0 Å². The van der Waals surface area contributed by atoms with Gasteiger partial charge in [-0.15, -0.1) is 0 Å². The first kappa shape index (κ1) is 14.6. The average molecular weight is 349 g/mol. The Balaban J connectivity index is 3.26. The van der Waals surface area contributed by atoms with E-state index in [-0.39, 0.29) is 6.10 Å². The minimum absolute atomic E-state index is 0.0816. The highest BCUT2D eigenvalue weighted by atomic mass is 127.